The van der Waals surface area contributed by atoms with Crippen molar-refractivity contribution in [2.75, 3.05) is 6.61 Å². The molecule has 0 spiro atoms. The molecule has 1 aromatic carbocycles. The summed E-state index contributed by atoms with van der Waals surface area (Å²) >= 11 is 0. The molecule has 0 aliphatic heterocycles. The van der Waals surface area contributed by atoms with Gasteiger partial charge in [0.25, 0.3) is 0 Å². The highest BCUT2D eigenvalue weighted by molar-refractivity contribution is 6.76. The summed E-state index contributed by atoms with van der Waals surface area (Å²) in [6, 6.07) is 12.9. The van der Waals surface area contributed by atoms with Crippen molar-refractivity contribution < 1.29 is 19.6 Å². The first-order valence-electron chi connectivity index (χ1n) is 12.0. The molecule has 0 aliphatic carbocycles. The van der Waals surface area contributed by atoms with Crippen molar-refractivity contribution in [1.29, 1.82) is 0 Å². The number of hydrogen-bond donors (Lipinski definition) is 1. The number of carboxylic acid groups (broad SMARTS) is 1. The van der Waals surface area contributed by atoms with Gasteiger partial charge in [-0.25, -0.2) is 9.48 Å². The SMILES string of the molecule is C=CC[C@@H](c1cc(-c2c([N+](=O)[O-])cnn2COCC[Si](C)(C)C)ccn1)N(Cc1ccccc1)C(=O)O. The molecule has 0 fully saturated rings. The lowest BCUT2D eigenvalue weighted by atomic mass is 10.0. The normalized spacial score (nSPS) is 12.2. The minimum Gasteiger partial charge on any atom is -0.465 e. The molecule has 1 amide bonds. The minimum absolute atomic E-state index is 0.0661. The Kier molecular flexibility index (Phi) is 9.31. The molecule has 2 heterocycles. The topological polar surface area (TPSA) is 124 Å². The van der Waals surface area contributed by atoms with Gasteiger partial charge >= 0.3 is 11.8 Å². The van der Waals surface area contributed by atoms with Crippen molar-refractivity contribution in [3.05, 3.63) is 88.9 Å². The highest BCUT2D eigenvalue weighted by Crippen LogP contribution is 2.33. The van der Waals surface area contributed by atoms with Crippen molar-refractivity contribution in [3.63, 3.8) is 0 Å². The van der Waals surface area contributed by atoms with E-state index in [0.717, 1.165) is 11.6 Å². The highest BCUT2D eigenvalue weighted by Gasteiger charge is 2.28. The van der Waals surface area contributed by atoms with Crippen molar-refractivity contribution >= 4 is 19.9 Å². The van der Waals surface area contributed by atoms with Gasteiger partial charge in [0.2, 0.25) is 0 Å². The number of amides is 1. The summed E-state index contributed by atoms with van der Waals surface area (Å²) in [6.45, 7) is 11.3. The summed E-state index contributed by atoms with van der Waals surface area (Å²) in [4.78, 5) is 29.3. The van der Waals surface area contributed by atoms with Crippen LogP contribution in [0.25, 0.3) is 11.3 Å². The van der Waals surface area contributed by atoms with Gasteiger partial charge in [0.1, 0.15) is 18.6 Å². The Balaban J connectivity index is 1.96. The fraction of sp³-hybridized carbons (Fsp3) is 0.346. The van der Waals surface area contributed by atoms with Gasteiger partial charge in [-0.2, -0.15) is 5.10 Å². The van der Waals surface area contributed by atoms with Crippen LogP contribution in [-0.2, 0) is 18.0 Å². The molecule has 37 heavy (non-hydrogen) atoms. The average Bonchev–Trinajstić information content (AvgIpc) is 3.28. The molecular weight excluding hydrogens is 490 g/mol. The first kappa shape index (κ1) is 27.7. The van der Waals surface area contributed by atoms with Gasteiger partial charge in [0.15, 0.2) is 0 Å². The van der Waals surface area contributed by atoms with Gasteiger partial charge in [-0.3, -0.25) is 20.0 Å². The van der Waals surface area contributed by atoms with E-state index in [1.54, 1.807) is 18.2 Å². The first-order valence-corrected chi connectivity index (χ1v) is 15.7. The van der Waals surface area contributed by atoms with Gasteiger partial charge in [-0.05, 0) is 30.2 Å². The van der Waals surface area contributed by atoms with Crippen LogP contribution >= 0.6 is 0 Å². The number of ether oxygens (including phenoxy) is 1. The Morgan fingerprint density at radius 2 is 2.03 bits per heavy atom. The van der Waals surface area contributed by atoms with Gasteiger partial charge in [-0.15, -0.1) is 6.58 Å². The van der Waals surface area contributed by atoms with E-state index in [0.29, 0.717) is 24.3 Å². The Morgan fingerprint density at radius 1 is 1.30 bits per heavy atom. The molecule has 10 nitrogen and oxygen atoms in total. The zero-order valence-electron chi connectivity index (χ0n) is 21.4. The van der Waals surface area contributed by atoms with Crippen LogP contribution in [0.5, 0.6) is 0 Å². The fourth-order valence-electron chi connectivity index (χ4n) is 3.87. The molecule has 1 N–H and O–H groups in total. The molecule has 0 bridgehead atoms. The standard InChI is InChI=1S/C26H33N5O5Si/c1-5-9-23(29(26(32)33)18-20-10-7-6-8-11-20)22-16-21(12-13-27-22)25-24(31(34)35)17-28-30(25)19-36-14-15-37(2,3)4/h5-8,10-13,16-17,23H,1,9,14-15,18-19H2,2-4H3,(H,32,33)/t23-/m0/s1. The summed E-state index contributed by atoms with van der Waals surface area (Å²) in [5.74, 6) is 0. The third-order valence-electron chi connectivity index (χ3n) is 5.83. The van der Waals surface area contributed by atoms with Crippen molar-refractivity contribution in [2.24, 2.45) is 0 Å². The van der Waals surface area contributed by atoms with Gasteiger partial charge in [-0.1, -0.05) is 56.0 Å². The van der Waals surface area contributed by atoms with Crippen LogP contribution in [0, 0.1) is 10.1 Å². The Hall–Kier alpha value is -3.83. The number of aromatic nitrogens is 3. The maximum Gasteiger partial charge on any atom is 0.408 e. The Bertz CT molecular complexity index is 1230. The number of hydrogen-bond acceptors (Lipinski definition) is 6. The van der Waals surface area contributed by atoms with E-state index in [-0.39, 0.29) is 24.7 Å². The summed E-state index contributed by atoms with van der Waals surface area (Å²) in [7, 11) is -1.29. The largest absolute Gasteiger partial charge is 0.465 e. The Labute approximate surface area is 217 Å². The molecule has 196 valence electrons. The quantitative estimate of drug-likeness (QED) is 0.0963. The number of rotatable bonds is 13. The molecule has 0 saturated heterocycles. The van der Waals surface area contributed by atoms with Crippen LogP contribution in [0.15, 0.2) is 67.5 Å². The fourth-order valence-corrected chi connectivity index (χ4v) is 4.62. The monoisotopic (exact) mass is 523 g/mol. The molecule has 3 rings (SSSR count). The molecule has 1 atom stereocenters. The minimum atomic E-state index is -1.29. The third kappa shape index (κ3) is 7.57. The van der Waals surface area contributed by atoms with E-state index >= 15 is 0 Å². The average molecular weight is 524 g/mol. The third-order valence-corrected chi connectivity index (χ3v) is 7.53. The van der Waals surface area contributed by atoms with E-state index in [1.807, 2.05) is 30.3 Å². The highest BCUT2D eigenvalue weighted by atomic mass is 28.3. The number of nitrogens with zero attached hydrogens (tertiary/aromatic N) is 5. The maximum atomic E-state index is 12.3. The predicted molar refractivity (Wildman–Crippen MR) is 144 cm³/mol. The zero-order chi connectivity index (χ0) is 27.0. The second kappa shape index (κ2) is 12.4. The molecule has 0 saturated carbocycles. The smallest absolute Gasteiger partial charge is 0.408 e. The predicted octanol–water partition coefficient (Wildman–Crippen LogP) is 5.96. The zero-order valence-corrected chi connectivity index (χ0v) is 22.4. The lowest BCUT2D eigenvalue weighted by molar-refractivity contribution is -0.384. The van der Waals surface area contributed by atoms with Crippen molar-refractivity contribution in [1.82, 2.24) is 19.7 Å². The molecule has 3 aromatic rings. The van der Waals surface area contributed by atoms with Crippen LogP contribution in [0.3, 0.4) is 0 Å². The van der Waals surface area contributed by atoms with Gasteiger partial charge < -0.3 is 9.84 Å². The summed E-state index contributed by atoms with van der Waals surface area (Å²) in [5.41, 5.74) is 1.91. The van der Waals surface area contributed by atoms with Crippen LogP contribution in [0.4, 0.5) is 10.5 Å². The lowest BCUT2D eigenvalue weighted by Gasteiger charge is -2.28. The molecular formula is C26H33N5O5Si. The van der Waals surface area contributed by atoms with Crippen LogP contribution in [0.2, 0.25) is 25.7 Å². The summed E-state index contributed by atoms with van der Waals surface area (Å²) < 4.78 is 7.26. The second-order valence-corrected chi connectivity index (χ2v) is 15.5. The van der Waals surface area contributed by atoms with E-state index in [9.17, 15) is 20.0 Å². The molecule has 2 aromatic heterocycles. The van der Waals surface area contributed by atoms with Crippen LogP contribution in [-0.4, -0.2) is 50.5 Å². The summed E-state index contributed by atoms with van der Waals surface area (Å²) in [6.07, 6.45) is 3.58. The Morgan fingerprint density at radius 3 is 2.65 bits per heavy atom. The van der Waals surface area contributed by atoms with E-state index < -0.39 is 25.1 Å². The number of pyridine rings is 1. The molecule has 0 radical (unpaired) electrons. The van der Waals surface area contributed by atoms with Crippen LogP contribution < -0.4 is 0 Å². The summed E-state index contributed by atoms with van der Waals surface area (Å²) in [5, 5.41) is 26.0. The van der Waals surface area contributed by atoms with E-state index in [1.165, 1.54) is 22.0 Å². The van der Waals surface area contributed by atoms with Gasteiger partial charge in [0.05, 0.1) is 16.7 Å². The van der Waals surface area contributed by atoms with Crippen LogP contribution in [0.1, 0.15) is 23.7 Å². The number of carbonyl (C=O) groups is 1. The van der Waals surface area contributed by atoms with E-state index in [2.05, 4.69) is 36.3 Å². The first-order chi connectivity index (χ1) is 17.6. The number of nitro groups is 1. The molecule has 0 aliphatic rings. The van der Waals surface area contributed by atoms with Crippen molar-refractivity contribution in [2.45, 2.75) is 51.4 Å². The second-order valence-electron chi connectivity index (χ2n) is 9.89. The molecule has 0 unspecified atom stereocenters. The maximum absolute atomic E-state index is 12.3. The number of benzene rings is 1. The molecule has 11 heteroatoms. The van der Waals surface area contributed by atoms with E-state index in [4.69, 9.17) is 4.74 Å². The lowest BCUT2D eigenvalue weighted by Crippen LogP contribution is -2.33. The van der Waals surface area contributed by atoms with Gasteiger partial charge in [0, 0.05) is 33.0 Å². The van der Waals surface area contributed by atoms with Crippen molar-refractivity contribution in [3.8, 4) is 11.3 Å².